The van der Waals surface area contributed by atoms with Gasteiger partial charge in [-0.3, -0.25) is 4.79 Å². The molecule has 2 aliphatic rings. The number of piperidine rings is 1. The van der Waals surface area contributed by atoms with E-state index in [9.17, 15) is 4.79 Å². The highest BCUT2D eigenvalue weighted by Crippen LogP contribution is 2.20. The SMILES string of the molecule is CNCC1CCN(C(=O)CCC2CCCO2)CC1.Cl. The monoisotopic (exact) mass is 290 g/mol. The Morgan fingerprint density at radius 2 is 2.05 bits per heavy atom. The van der Waals surface area contributed by atoms with Gasteiger partial charge in [-0.25, -0.2) is 0 Å². The molecular weight excluding hydrogens is 264 g/mol. The smallest absolute Gasteiger partial charge is 0.222 e. The van der Waals surface area contributed by atoms with Gasteiger partial charge >= 0.3 is 0 Å². The molecule has 2 heterocycles. The lowest BCUT2D eigenvalue weighted by molar-refractivity contribution is -0.133. The van der Waals surface area contributed by atoms with E-state index in [0.29, 0.717) is 18.4 Å². The summed E-state index contributed by atoms with van der Waals surface area (Å²) in [7, 11) is 2.00. The van der Waals surface area contributed by atoms with Crippen LogP contribution in [0.25, 0.3) is 0 Å². The topological polar surface area (TPSA) is 41.6 Å². The third-order valence-electron chi connectivity index (χ3n) is 4.16. The Morgan fingerprint density at radius 3 is 2.63 bits per heavy atom. The van der Waals surface area contributed by atoms with Crippen molar-refractivity contribution in [2.75, 3.05) is 33.3 Å². The molecule has 0 aromatic carbocycles. The number of hydrogen-bond acceptors (Lipinski definition) is 3. The average molecular weight is 291 g/mol. The van der Waals surface area contributed by atoms with E-state index in [0.717, 1.165) is 64.3 Å². The lowest BCUT2D eigenvalue weighted by atomic mass is 9.96. The molecule has 0 aromatic heterocycles. The van der Waals surface area contributed by atoms with E-state index in [4.69, 9.17) is 4.74 Å². The number of carbonyl (C=O) groups excluding carboxylic acids is 1. The van der Waals surface area contributed by atoms with Crippen LogP contribution in [0.2, 0.25) is 0 Å². The minimum Gasteiger partial charge on any atom is -0.378 e. The van der Waals surface area contributed by atoms with E-state index in [1.165, 1.54) is 0 Å². The van der Waals surface area contributed by atoms with Crippen LogP contribution in [0.15, 0.2) is 0 Å². The Morgan fingerprint density at radius 1 is 1.32 bits per heavy atom. The Hall–Kier alpha value is -0.320. The van der Waals surface area contributed by atoms with Gasteiger partial charge in [0.25, 0.3) is 0 Å². The first-order valence-corrected chi connectivity index (χ1v) is 7.33. The normalized spacial score (nSPS) is 24.3. The quantitative estimate of drug-likeness (QED) is 0.840. The first-order valence-electron chi connectivity index (χ1n) is 7.33. The summed E-state index contributed by atoms with van der Waals surface area (Å²) in [5.41, 5.74) is 0. The van der Waals surface area contributed by atoms with Crippen LogP contribution in [0.1, 0.15) is 38.5 Å². The van der Waals surface area contributed by atoms with Crippen LogP contribution < -0.4 is 5.32 Å². The lowest BCUT2D eigenvalue weighted by Gasteiger charge is -2.32. The van der Waals surface area contributed by atoms with Gasteiger partial charge < -0.3 is 15.0 Å². The van der Waals surface area contributed by atoms with Gasteiger partial charge in [0.1, 0.15) is 0 Å². The van der Waals surface area contributed by atoms with E-state index in [1.54, 1.807) is 0 Å². The second kappa shape index (κ2) is 8.77. The molecule has 112 valence electrons. The van der Waals surface area contributed by atoms with Crippen molar-refractivity contribution in [1.29, 1.82) is 0 Å². The zero-order valence-corrected chi connectivity index (χ0v) is 12.7. The minimum absolute atomic E-state index is 0. The number of amides is 1. The van der Waals surface area contributed by atoms with Gasteiger partial charge in [0.2, 0.25) is 5.91 Å². The highest BCUT2D eigenvalue weighted by atomic mass is 35.5. The van der Waals surface area contributed by atoms with Gasteiger partial charge in [0.05, 0.1) is 6.10 Å². The number of likely N-dealkylation sites (tertiary alicyclic amines) is 1. The fraction of sp³-hybridized carbons (Fsp3) is 0.929. The number of carbonyl (C=O) groups is 1. The van der Waals surface area contributed by atoms with Gasteiger partial charge in [-0.1, -0.05) is 0 Å². The summed E-state index contributed by atoms with van der Waals surface area (Å²) in [5, 5.41) is 3.22. The van der Waals surface area contributed by atoms with Crippen LogP contribution in [-0.2, 0) is 9.53 Å². The number of nitrogens with zero attached hydrogens (tertiary/aromatic N) is 1. The molecule has 2 rings (SSSR count). The average Bonchev–Trinajstić information content (AvgIpc) is 2.90. The Kier molecular flexibility index (Phi) is 7.73. The third-order valence-corrected chi connectivity index (χ3v) is 4.16. The van der Waals surface area contributed by atoms with E-state index in [2.05, 4.69) is 5.32 Å². The summed E-state index contributed by atoms with van der Waals surface area (Å²) in [4.78, 5) is 14.1. The molecule has 19 heavy (non-hydrogen) atoms. The standard InChI is InChI=1S/C14H26N2O2.ClH/c1-15-11-12-6-8-16(9-7-12)14(17)5-4-13-3-2-10-18-13;/h12-13,15H,2-11H2,1H3;1H. The molecule has 1 amide bonds. The fourth-order valence-electron chi connectivity index (χ4n) is 2.99. The number of hydrogen-bond donors (Lipinski definition) is 1. The number of ether oxygens (including phenoxy) is 1. The third kappa shape index (κ3) is 5.28. The van der Waals surface area contributed by atoms with Crippen LogP contribution in [-0.4, -0.2) is 50.2 Å². The maximum absolute atomic E-state index is 12.1. The first-order chi connectivity index (χ1) is 8.79. The molecule has 0 saturated carbocycles. The molecule has 2 aliphatic heterocycles. The van der Waals surface area contributed by atoms with Crippen LogP contribution >= 0.6 is 12.4 Å². The maximum atomic E-state index is 12.1. The summed E-state index contributed by atoms with van der Waals surface area (Å²) < 4.78 is 5.56. The molecule has 5 heteroatoms. The number of halogens is 1. The zero-order chi connectivity index (χ0) is 12.8. The summed E-state index contributed by atoms with van der Waals surface area (Å²) >= 11 is 0. The predicted molar refractivity (Wildman–Crippen MR) is 78.7 cm³/mol. The minimum atomic E-state index is 0. The van der Waals surface area contributed by atoms with Gasteiger partial charge in [0, 0.05) is 26.1 Å². The van der Waals surface area contributed by atoms with E-state index >= 15 is 0 Å². The molecule has 0 bridgehead atoms. The van der Waals surface area contributed by atoms with Gasteiger partial charge in [-0.2, -0.15) is 0 Å². The number of rotatable bonds is 5. The van der Waals surface area contributed by atoms with Crippen molar-refractivity contribution >= 4 is 18.3 Å². The molecule has 4 nitrogen and oxygen atoms in total. The van der Waals surface area contributed by atoms with E-state index in [1.807, 2.05) is 11.9 Å². The van der Waals surface area contributed by atoms with Crippen LogP contribution in [0.5, 0.6) is 0 Å². The molecule has 1 unspecified atom stereocenters. The fourth-order valence-corrected chi connectivity index (χ4v) is 2.99. The van der Waals surface area contributed by atoms with Crippen molar-refractivity contribution in [2.45, 2.75) is 44.6 Å². The summed E-state index contributed by atoms with van der Waals surface area (Å²) in [6.45, 7) is 3.85. The summed E-state index contributed by atoms with van der Waals surface area (Å²) in [6.07, 6.45) is 6.51. The molecule has 2 fully saturated rings. The molecule has 0 spiro atoms. The molecule has 0 aromatic rings. The Labute approximate surface area is 122 Å². The first kappa shape index (κ1) is 16.7. The highest BCUT2D eigenvalue weighted by molar-refractivity contribution is 5.85. The van der Waals surface area contributed by atoms with Gasteiger partial charge in [0.15, 0.2) is 0 Å². The molecule has 1 N–H and O–H groups in total. The summed E-state index contributed by atoms with van der Waals surface area (Å²) in [6, 6.07) is 0. The molecule has 1 atom stereocenters. The lowest BCUT2D eigenvalue weighted by Crippen LogP contribution is -2.40. The van der Waals surface area contributed by atoms with Crippen molar-refractivity contribution in [3.05, 3.63) is 0 Å². The molecule has 2 saturated heterocycles. The van der Waals surface area contributed by atoms with Crippen molar-refractivity contribution in [2.24, 2.45) is 5.92 Å². The Balaban J connectivity index is 0.00000180. The molecular formula is C14H27ClN2O2. The maximum Gasteiger partial charge on any atom is 0.222 e. The predicted octanol–water partition coefficient (Wildman–Crippen LogP) is 1.83. The molecule has 0 aliphatic carbocycles. The second-order valence-electron chi connectivity index (χ2n) is 5.56. The summed E-state index contributed by atoms with van der Waals surface area (Å²) in [5.74, 6) is 1.07. The van der Waals surface area contributed by atoms with Gasteiger partial charge in [-0.05, 0) is 51.6 Å². The number of nitrogens with one attached hydrogen (secondary N) is 1. The van der Waals surface area contributed by atoms with E-state index < -0.39 is 0 Å². The van der Waals surface area contributed by atoms with Crippen LogP contribution in [0.3, 0.4) is 0 Å². The van der Waals surface area contributed by atoms with Crippen molar-refractivity contribution < 1.29 is 9.53 Å². The van der Waals surface area contributed by atoms with Crippen molar-refractivity contribution in [1.82, 2.24) is 10.2 Å². The molecule has 0 radical (unpaired) electrons. The van der Waals surface area contributed by atoms with Crippen LogP contribution in [0.4, 0.5) is 0 Å². The largest absolute Gasteiger partial charge is 0.378 e. The van der Waals surface area contributed by atoms with Crippen LogP contribution in [0, 0.1) is 5.92 Å². The van der Waals surface area contributed by atoms with Gasteiger partial charge in [-0.15, -0.1) is 12.4 Å². The second-order valence-corrected chi connectivity index (χ2v) is 5.56. The van der Waals surface area contributed by atoms with Crippen molar-refractivity contribution in [3.8, 4) is 0 Å². The Bertz CT molecular complexity index is 262. The zero-order valence-electron chi connectivity index (χ0n) is 11.9. The van der Waals surface area contributed by atoms with E-state index in [-0.39, 0.29) is 12.4 Å². The highest BCUT2D eigenvalue weighted by Gasteiger charge is 2.23. The van der Waals surface area contributed by atoms with Crippen molar-refractivity contribution in [3.63, 3.8) is 0 Å².